The van der Waals surface area contributed by atoms with Crippen molar-refractivity contribution >= 4 is 22.9 Å². The third-order valence-corrected chi connectivity index (χ3v) is 3.13. The highest BCUT2D eigenvalue weighted by Crippen LogP contribution is 2.16. The van der Waals surface area contributed by atoms with Crippen LogP contribution >= 0.6 is 11.8 Å². The normalized spacial score (nSPS) is 15.9. The van der Waals surface area contributed by atoms with Gasteiger partial charge in [0.1, 0.15) is 0 Å². The molecule has 1 aliphatic rings. The number of hydrogen-bond donors (Lipinski definition) is 1. The van der Waals surface area contributed by atoms with Crippen LogP contribution in [0.3, 0.4) is 0 Å². The van der Waals surface area contributed by atoms with Crippen LogP contribution in [0, 0.1) is 6.92 Å². The van der Waals surface area contributed by atoms with Gasteiger partial charge in [-0.2, -0.15) is 0 Å². The number of aryl methyl sites for hydroxylation is 1. The number of hydrazine groups is 1. The molecule has 1 N–H and O–H groups in total. The molecule has 2 rings (SSSR count). The molecule has 1 saturated heterocycles. The number of imide groups is 1. The van der Waals surface area contributed by atoms with Gasteiger partial charge in [0.2, 0.25) is 0 Å². The van der Waals surface area contributed by atoms with Gasteiger partial charge in [0, 0.05) is 6.54 Å². The lowest BCUT2D eigenvalue weighted by atomic mass is 10.1. The quantitative estimate of drug-likeness (QED) is 0.867. The van der Waals surface area contributed by atoms with Crippen molar-refractivity contribution in [2.45, 2.75) is 13.5 Å². The Balaban J connectivity index is 1.94. The third-order valence-electron chi connectivity index (χ3n) is 2.31. The molecule has 1 heterocycles. The molecule has 1 fully saturated rings. The molecule has 0 aromatic heterocycles. The van der Waals surface area contributed by atoms with Crippen LogP contribution in [0.25, 0.3) is 0 Å². The molecule has 2 amide bonds. The summed E-state index contributed by atoms with van der Waals surface area (Å²) in [7, 11) is 0. The van der Waals surface area contributed by atoms with Gasteiger partial charge in [0.05, 0.1) is 5.75 Å². The van der Waals surface area contributed by atoms with Crippen molar-refractivity contribution in [1.82, 2.24) is 10.4 Å². The molecule has 0 spiro atoms. The molecule has 4 nitrogen and oxygen atoms in total. The van der Waals surface area contributed by atoms with Gasteiger partial charge in [0.25, 0.3) is 5.91 Å². The molecule has 1 aliphatic heterocycles. The smallest absolute Gasteiger partial charge is 0.272 e. The van der Waals surface area contributed by atoms with E-state index in [-0.39, 0.29) is 16.9 Å². The molecule has 1 aromatic carbocycles. The van der Waals surface area contributed by atoms with E-state index in [9.17, 15) is 9.59 Å². The zero-order chi connectivity index (χ0) is 11.5. The first-order valence-electron chi connectivity index (χ1n) is 4.95. The zero-order valence-electron chi connectivity index (χ0n) is 8.90. The number of nitrogens with one attached hydrogen (secondary N) is 1. The highest BCUT2D eigenvalue weighted by molar-refractivity contribution is 8.14. The van der Waals surface area contributed by atoms with Crippen LogP contribution in [0.15, 0.2) is 24.3 Å². The van der Waals surface area contributed by atoms with Gasteiger partial charge in [-0.25, -0.2) is 10.4 Å². The Hall–Kier alpha value is -1.33. The lowest BCUT2D eigenvalue weighted by Crippen LogP contribution is -2.41. The second kappa shape index (κ2) is 4.67. The van der Waals surface area contributed by atoms with Gasteiger partial charge in [-0.05, 0) is 12.5 Å². The van der Waals surface area contributed by atoms with E-state index < -0.39 is 0 Å². The van der Waals surface area contributed by atoms with Crippen molar-refractivity contribution in [1.29, 1.82) is 0 Å². The summed E-state index contributed by atoms with van der Waals surface area (Å²) in [6, 6.07) is 7.94. The van der Waals surface area contributed by atoms with Crippen LogP contribution in [0.2, 0.25) is 0 Å². The number of carbonyl (C=O) groups excluding carboxylic acids is 2. The molecule has 0 atom stereocenters. The molecule has 16 heavy (non-hydrogen) atoms. The molecule has 0 unspecified atom stereocenters. The number of rotatable bonds is 3. The summed E-state index contributed by atoms with van der Waals surface area (Å²) in [5.41, 5.74) is 5.06. The second-order valence-electron chi connectivity index (χ2n) is 3.60. The number of nitrogens with zero attached hydrogens (tertiary/aromatic N) is 1. The van der Waals surface area contributed by atoms with Gasteiger partial charge in [0.15, 0.2) is 0 Å². The number of hydrogen-bond acceptors (Lipinski definition) is 4. The van der Waals surface area contributed by atoms with Crippen molar-refractivity contribution in [3.8, 4) is 0 Å². The number of thioether (sulfide) groups is 1. The molecular formula is C11H12N2O2S. The third kappa shape index (κ3) is 2.43. The minimum absolute atomic E-state index is 0.179. The molecule has 84 valence electrons. The fraction of sp³-hybridized carbons (Fsp3) is 0.273. The monoisotopic (exact) mass is 236 g/mol. The van der Waals surface area contributed by atoms with E-state index in [1.165, 1.54) is 5.56 Å². The summed E-state index contributed by atoms with van der Waals surface area (Å²) in [6.45, 7) is 2.50. The van der Waals surface area contributed by atoms with Crippen molar-refractivity contribution in [3.05, 3.63) is 35.4 Å². The summed E-state index contributed by atoms with van der Waals surface area (Å²) in [5, 5.41) is 0.863. The Morgan fingerprint density at radius 3 is 2.56 bits per heavy atom. The van der Waals surface area contributed by atoms with Gasteiger partial charge in [-0.15, -0.1) is 0 Å². The van der Waals surface area contributed by atoms with Crippen molar-refractivity contribution < 1.29 is 9.59 Å². The summed E-state index contributed by atoms with van der Waals surface area (Å²) >= 11 is 1.03. The summed E-state index contributed by atoms with van der Waals surface area (Å²) in [6.07, 6.45) is 0. The standard InChI is InChI=1S/C11H12N2O2S/c1-8-2-4-9(5-3-8)6-12-13-10(14)7-16-11(13)15/h2-5,12H,6-7H2,1H3. The number of amides is 2. The van der Waals surface area contributed by atoms with Crippen LogP contribution < -0.4 is 5.43 Å². The fourth-order valence-electron chi connectivity index (χ4n) is 1.38. The number of carbonyl (C=O) groups is 2. The maximum Gasteiger partial charge on any atom is 0.303 e. The van der Waals surface area contributed by atoms with Crippen LogP contribution in [0.4, 0.5) is 4.79 Å². The van der Waals surface area contributed by atoms with E-state index in [0.29, 0.717) is 6.54 Å². The zero-order valence-corrected chi connectivity index (χ0v) is 9.71. The van der Waals surface area contributed by atoms with E-state index in [1.54, 1.807) is 0 Å². The van der Waals surface area contributed by atoms with E-state index in [0.717, 1.165) is 22.3 Å². The summed E-state index contributed by atoms with van der Waals surface area (Å²) in [5.74, 6) is 0.0572. The van der Waals surface area contributed by atoms with Gasteiger partial charge in [-0.1, -0.05) is 41.6 Å². The predicted octanol–water partition coefficient (Wildman–Crippen LogP) is 1.70. The highest BCUT2D eigenvalue weighted by Gasteiger charge is 2.29. The predicted molar refractivity (Wildman–Crippen MR) is 62.7 cm³/mol. The Labute approximate surface area is 98.0 Å². The van der Waals surface area contributed by atoms with Gasteiger partial charge < -0.3 is 0 Å². The van der Waals surface area contributed by atoms with Crippen molar-refractivity contribution in [2.75, 3.05) is 5.75 Å². The Kier molecular flexibility index (Phi) is 3.26. The Morgan fingerprint density at radius 1 is 1.31 bits per heavy atom. The van der Waals surface area contributed by atoms with Crippen LogP contribution in [-0.4, -0.2) is 21.9 Å². The second-order valence-corrected chi connectivity index (χ2v) is 4.53. The average molecular weight is 236 g/mol. The number of benzene rings is 1. The van der Waals surface area contributed by atoms with Crippen LogP contribution in [0.1, 0.15) is 11.1 Å². The average Bonchev–Trinajstić information content (AvgIpc) is 2.59. The van der Waals surface area contributed by atoms with Crippen LogP contribution in [0.5, 0.6) is 0 Å². The minimum atomic E-state index is -0.225. The largest absolute Gasteiger partial charge is 0.303 e. The molecule has 5 heteroatoms. The molecular weight excluding hydrogens is 224 g/mol. The molecule has 0 saturated carbocycles. The van der Waals surface area contributed by atoms with Crippen molar-refractivity contribution in [2.24, 2.45) is 0 Å². The molecule has 1 aromatic rings. The lowest BCUT2D eigenvalue weighted by molar-refractivity contribution is -0.126. The van der Waals surface area contributed by atoms with E-state index >= 15 is 0 Å². The van der Waals surface area contributed by atoms with Gasteiger partial charge in [-0.3, -0.25) is 9.59 Å². The Morgan fingerprint density at radius 2 is 2.00 bits per heavy atom. The minimum Gasteiger partial charge on any atom is -0.272 e. The van der Waals surface area contributed by atoms with E-state index in [1.807, 2.05) is 31.2 Å². The summed E-state index contributed by atoms with van der Waals surface area (Å²) < 4.78 is 0. The first-order valence-corrected chi connectivity index (χ1v) is 5.94. The SMILES string of the molecule is Cc1ccc(CNN2C(=O)CSC2=O)cc1. The first-order chi connectivity index (χ1) is 7.66. The first kappa shape index (κ1) is 11.2. The van der Waals surface area contributed by atoms with Crippen molar-refractivity contribution in [3.63, 3.8) is 0 Å². The maximum absolute atomic E-state index is 11.3. The molecule has 0 bridgehead atoms. The van der Waals surface area contributed by atoms with Gasteiger partial charge >= 0.3 is 5.24 Å². The highest BCUT2D eigenvalue weighted by atomic mass is 32.2. The lowest BCUT2D eigenvalue weighted by Gasteiger charge is -2.14. The molecule has 0 radical (unpaired) electrons. The van der Waals surface area contributed by atoms with Crippen LogP contribution in [-0.2, 0) is 11.3 Å². The fourth-order valence-corrected chi connectivity index (χ4v) is 2.05. The summed E-state index contributed by atoms with van der Waals surface area (Å²) in [4.78, 5) is 22.5. The van der Waals surface area contributed by atoms with E-state index in [2.05, 4.69) is 5.43 Å². The topological polar surface area (TPSA) is 49.4 Å². The molecule has 0 aliphatic carbocycles. The maximum atomic E-state index is 11.3. The Bertz CT molecular complexity index is 400. The van der Waals surface area contributed by atoms with E-state index in [4.69, 9.17) is 0 Å².